The number of carbonyl (C=O) groups is 1. The van der Waals surface area contributed by atoms with Gasteiger partial charge in [-0.1, -0.05) is 46.3 Å². The summed E-state index contributed by atoms with van der Waals surface area (Å²) in [6.07, 6.45) is -10.2. The summed E-state index contributed by atoms with van der Waals surface area (Å²) in [4.78, 5) is 15.0. The fourth-order valence-corrected chi connectivity index (χ4v) is 13.6. The molecule has 4 saturated carbocycles. The first kappa shape index (κ1) is 42.8. The van der Waals surface area contributed by atoms with E-state index in [1.54, 1.807) is 6.92 Å². The Hall–Kier alpha value is -1.31. The van der Waals surface area contributed by atoms with Crippen molar-refractivity contribution in [3.63, 3.8) is 0 Å². The van der Waals surface area contributed by atoms with E-state index in [1.807, 2.05) is 13.8 Å². The highest BCUT2D eigenvalue weighted by molar-refractivity contribution is 5.79. The summed E-state index contributed by atoms with van der Waals surface area (Å²) in [7, 11) is 0. The quantitative estimate of drug-likeness (QED) is 0.124. The number of aliphatic hydroxyl groups excluding tert-OH is 9. The van der Waals surface area contributed by atoms with Crippen molar-refractivity contribution in [1.82, 2.24) is 0 Å². The Labute approximate surface area is 328 Å². The molecule has 15 nitrogen and oxygen atoms in total. The molecule has 7 aliphatic rings. The van der Waals surface area contributed by atoms with E-state index in [0.717, 1.165) is 18.4 Å². The van der Waals surface area contributed by atoms with Crippen molar-refractivity contribution < 1.29 is 74.8 Å². The van der Waals surface area contributed by atoms with Crippen LogP contribution in [0.3, 0.4) is 0 Å². The van der Waals surface area contributed by atoms with Crippen molar-refractivity contribution >= 4 is 5.97 Å². The van der Waals surface area contributed by atoms with Crippen LogP contribution < -0.4 is 0 Å². The molecule has 21 atom stereocenters. The van der Waals surface area contributed by atoms with E-state index in [4.69, 9.17) is 18.9 Å². The van der Waals surface area contributed by atoms with Gasteiger partial charge in [-0.2, -0.15) is 0 Å². The lowest BCUT2D eigenvalue weighted by Gasteiger charge is -2.72. The van der Waals surface area contributed by atoms with Gasteiger partial charge in [0.25, 0.3) is 0 Å². The second-order valence-corrected chi connectivity index (χ2v) is 19.9. The summed E-state index contributed by atoms with van der Waals surface area (Å²) >= 11 is 0. The Morgan fingerprint density at radius 3 is 2.20 bits per heavy atom. The molecule has 15 heteroatoms. The molecule has 6 fully saturated rings. The first-order valence-corrected chi connectivity index (χ1v) is 20.6. The molecule has 0 aromatic rings. The molecule has 0 amide bonds. The number of rotatable bonds is 6. The second-order valence-electron chi connectivity index (χ2n) is 19.9. The molecule has 0 radical (unpaired) electrons. The van der Waals surface area contributed by atoms with Crippen LogP contribution in [0.2, 0.25) is 0 Å². The monoisotopic (exact) mass is 798 g/mol. The predicted octanol–water partition coefficient (Wildman–Crippen LogP) is -0.131. The van der Waals surface area contributed by atoms with Crippen LogP contribution in [-0.4, -0.2) is 150 Å². The van der Waals surface area contributed by atoms with E-state index >= 15 is 4.79 Å². The molecule has 10 N–H and O–H groups in total. The largest absolute Gasteiger partial charge is 0.432 e. The normalized spacial score (nSPS) is 57.1. The lowest BCUT2D eigenvalue weighted by Crippen LogP contribution is -2.70. The maximum Gasteiger partial charge on any atom is 0.315 e. The molecule has 320 valence electrons. The van der Waals surface area contributed by atoms with Crippen LogP contribution in [0.4, 0.5) is 0 Å². The lowest BCUT2D eigenvalue weighted by molar-refractivity contribution is -0.353. The minimum Gasteiger partial charge on any atom is -0.432 e. The Balaban J connectivity index is 1.24. The van der Waals surface area contributed by atoms with E-state index in [1.165, 1.54) is 0 Å². The zero-order valence-electron chi connectivity index (χ0n) is 33.5. The number of fused-ring (bicyclic) bond motifs is 7. The molecule has 56 heavy (non-hydrogen) atoms. The van der Waals surface area contributed by atoms with Gasteiger partial charge in [0, 0.05) is 11.3 Å². The minimum absolute atomic E-state index is 0.0405. The Kier molecular flexibility index (Phi) is 11.0. The van der Waals surface area contributed by atoms with Gasteiger partial charge in [0.1, 0.15) is 36.6 Å². The average molecular weight is 799 g/mol. The summed E-state index contributed by atoms with van der Waals surface area (Å²) in [5.41, 5.74) is -3.77. The van der Waals surface area contributed by atoms with Gasteiger partial charge >= 0.3 is 5.97 Å². The summed E-state index contributed by atoms with van der Waals surface area (Å²) in [5.74, 6) is -1.57. The van der Waals surface area contributed by atoms with Crippen LogP contribution in [-0.2, 0) is 23.7 Å². The summed E-state index contributed by atoms with van der Waals surface area (Å²) in [6, 6.07) is 0. The lowest BCUT2D eigenvalue weighted by atomic mass is 9.33. The third kappa shape index (κ3) is 5.88. The molecule has 0 bridgehead atoms. The van der Waals surface area contributed by atoms with Gasteiger partial charge in [0.2, 0.25) is 6.29 Å². The van der Waals surface area contributed by atoms with Gasteiger partial charge in [-0.15, -0.1) is 0 Å². The maximum absolute atomic E-state index is 15.0. The molecule has 2 heterocycles. The summed E-state index contributed by atoms with van der Waals surface area (Å²) < 4.78 is 23.3. The molecule has 0 aromatic heterocycles. The number of esters is 1. The molecule has 2 saturated heterocycles. The van der Waals surface area contributed by atoms with Crippen molar-refractivity contribution in [2.24, 2.45) is 50.7 Å². The number of ether oxygens (including phenoxy) is 4. The standard InChI is InChI=1S/C41H66O15/c1-19-9-12-41(35(51)56-34-30(28(48)27(47)23(16-42)54-34)55-33-29(49)26(46)22(45)17-53-33)14-13-38(4)20(31(41)40(19,6)52)7-8-25-36(2)15-21(44)32(50)37(3,18-43)24(36)10-11-39(25,38)5/h7,19,21-34,42-50,52H,8-18H2,1-6H3/t19-,21-,22+,23-,24-,25-,26+,27-,28+,29-,30-,31-,32-,33+,34+,36+,37+,38-,39-,40-,41+/m1/s1. The van der Waals surface area contributed by atoms with Crippen molar-refractivity contribution in [1.29, 1.82) is 0 Å². The molecule has 2 aliphatic heterocycles. The second kappa shape index (κ2) is 14.4. The van der Waals surface area contributed by atoms with Crippen LogP contribution in [0, 0.1) is 50.7 Å². The minimum atomic E-state index is -1.79. The SMILES string of the molecule is C[C@@H]1CC[C@]2(C(=O)O[C@@H]3O[C@H](CO)[C@@H](O)[C@H](O)[C@H]3O[C@@H]3OC[C@H](O)[C@H](O)[C@H]3O)CC[C@]3(C)C(=CC[C@@H]4[C@@]5(C)C[C@@H](O)[C@@H](O)[C@@](C)(CO)[C@@H]5CC[C@]43C)[C@@H]2[C@]1(C)O. The van der Waals surface area contributed by atoms with Crippen molar-refractivity contribution in [2.45, 2.75) is 166 Å². The number of allylic oxidation sites excluding steroid dienone is 1. The fourth-order valence-electron chi connectivity index (χ4n) is 13.6. The third-order valence-corrected chi connectivity index (χ3v) is 17.4. The smallest absolute Gasteiger partial charge is 0.315 e. The van der Waals surface area contributed by atoms with Crippen molar-refractivity contribution in [3.05, 3.63) is 11.6 Å². The predicted molar refractivity (Wildman–Crippen MR) is 196 cm³/mol. The van der Waals surface area contributed by atoms with E-state index in [-0.39, 0.29) is 29.8 Å². The Morgan fingerprint density at radius 2 is 1.54 bits per heavy atom. The fraction of sp³-hybridized carbons (Fsp3) is 0.927. The average Bonchev–Trinajstić information content (AvgIpc) is 3.15. The van der Waals surface area contributed by atoms with Crippen molar-refractivity contribution in [2.75, 3.05) is 19.8 Å². The summed E-state index contributed by atoms with van der Waals surface area (Å²) in [5, 5.41) is 109. The van der Waals surface area contributed by atoms with Gasteiger partial charge in [-0.3, -0.25) is 4.79 Å². The molecular weight excluding hydrogens is 732 g/mol. The highest BCUT2D eigenvalue weighted by Crippen LogP contribution is 2.76. The van der Waals surface area contributed by atoms with Gasteiger partial charge < -0.3 is 70.0 Å². The van der Waals surface area contributed by atoms with Crippen LogP contribution in [0.15, 0.2) is 11.6 Å². The van der Waals surface area contributed by atoms with Gasteiger partial charge in [0.15, 0.2) is 12.4 Å². The van der Waals surface area contributed by atoms with E-state index in [0.29, 0.717) is 38.5 Å². The van der Waals surface area contributed by atoms with Gasteiger partial charge in [-0.05, 0) is 92.3 Å². The van der Waals surface area contributed by atoms with Crippen LogP contribution in [0.25, 0.3) is 0 Å². The number of hydrogen-bond donors (Lipinski definition) is 10. The molecule has 0 unspecified atom stereocenters. The third-order valence-electron chi connectivity index (χ3n) is 17.4. The number of hydrogen-bond acceptors (Lipinski definition) is 15. The number of carbonyl (C=O) groups excluding carboxylic acids is 1. The van der Waals surface area contributed by atoms with Gasteiger partial charge in [0.05, 0.1) is 43.0 Å². The van der Waals surface area contributed by atoms with E-state index in [2.05, 4.69) is 26.8 Å². The zero-order chi connectivity index (χ0) is 41.1. The molecular formula is C41H66O15. The number of aliphatic hydroxyl groups is 10. The molecule has 0 spiro atoms. The van der Waals surface area contributed by atoms with Crippen LogP contribution in [0.5, 0.6) is 0 Å². The van der Waals surface area contributed by atoms with Crippen LogP contribution >= 0.6 is 0 Å². The highest BCUT2D eigenvalue weighted by Gasteiger charge is 2.72. The highest BCUT2D eigenvalue weighted by atomic mass is 16.8. The topological polar surface area (TPSA) is 256 Å². The van der Waals surface area contributed by atoms with E-state index < -0.39 is 120 Å². The summed E-state index contributed by atoms with van der Waals surface area (Å²) in [6.45, 7) is 11.0. The molecule has 5 aliphatic carbocycles. The van der Waals surface area contributed by atoms with Crippen LogP contribution in [0.1, 0.15) is 92.9 Å². The zero-order valence-corrected chi connectivity index (χ0v) is 33.5. The first-order chi connectivity index (χ1) is 26.1. The Bertz CT molecular complexity index is 1520. The van der Waals surface area contributed by atoms with Crippen molar-refractivity contribution in [3.8, 4) is 0 Å². The van der Waals surface area contributed by atoms with Gasteiger partial charge in [-0.25, -0.2) is 0 Å². The van der Waals surface area contributed by atoms with E-state index in [9.17, 15) is 51.1 Å². The molecule has 0 aromatic carbocycles. The Morgan fingerprint density at radius 1 is 0.839 bits per heavy atom. The maximum atomic E-state index is 15.0. The first-order valence-electron chi connectivity index (χ1n) is 20.6. The molecule has 7 rings (SSSR count).